The van der Waals surface area contributed by atoms with Crippen molar-refractivity contribution >= 4 is 50.2 Å². The van der Waals surface area contributed by atoms with Crippen molar-refractivity contribution in [3.05, 3.63) is 41.7 Å². The molecule has 0 nitrogen and oxygen atoms in total. The molecule has 0 spiro atoms. The van der Waals surface area contributed by atoms with Crippen LogP contribution in [0.25, 0.3) is 0 Å². The van der Waals surface area contributed by atoms with Crippen molar-refractivity contribution < 1.29 is 0 Å². The van der Waals surface area contributed by atoms with Crippen molar-refractivity contribution in [3.8, 4) is 0 Å². The minimum absolute atomic E-state index is 0.00704. The highest BCUT2D eigenvalue weighted by Crippen LogP contribution is 2.40. The van der Waals surface area contributed by atoms with E-state index in [0.29, 0.717) is 0 Å². The van der Waals surface area contributed by atoms with E-state index in [-0.39, 0.29) is 5.38 Å². The van der Waals surface area contributed by atoms with Crippen LogP contribution >= 0.6 is 50.2 Å². The van der Waals surface area contributed by atoms with Crippen LogP contribution in [0.4, 0.5) is 0 Å². The first-order chi connectivity index (χ1) is 7.49. The van der Waals surface area contributed by atoms with Gasteiger partial charge in [0.2, 0.25) is 0 Å². The molecular formula is C12H12BrClS2. The molecule has 0 radical (unpaired) electrons. The molecule has 16 heavy (non-hydrogen) atoms. The van der Waals surface area contributed by atoms with Crippen LogP contribution in [0, 0.1) is 20.8 Å². The van der Waals surface area contributed by atoms with Gasteiger partial charge in [0.1, 0.15) is 5.38 Å². The summed E-state index contributed by atoms with van der Waals surface area (Å²) in [5, 5.41) is -0.00704. The molecule has 2 aromatic rings. The zero-order valence-corrected chi connectivity index (χ0v) is 13.3. The van der Waals surface area contributed by atoms with Gasteiger partial charge in [-0.15, -0.1) is 34.3 Å². The van der Waals surface area contributed by atoms with Crippen LogP contribution in [0.3, 0.4) is 0 Å². The van der Waals surface area contributed by atoms with Gasteiger partial charge in [-0.3, -0.25) is 0 Å². The molecule has 0 aromatic carbocycles. The molecule has 0 N–H and O–H groups in total. The van der Waals surface area contributed by atoms with E-state index in [0.717, 1.165) is 4.47 Å². The lowest BCUT2D eigenvalue weighted by Crippen LogP contribution is -1.84. The molecule has 0 fully saturated rings. The third-order valence-corrected chi connectivity index (χ3v) is 6.71. The summed E-state index contributed by atoms with van der Waals surface area (Å²) in [5.41, 5.74) is 1.33. The number of hydrogen-bond acceptors (Lipinski definition) is 2. The SMILES string of the molecule is Cc1cc(C(Cl)c2cc(Br)c(C)s2)sc1C. The van der Waals surface area contributed by atoms with Gasteiger partial charge in [-0.05, 0) is 54.4 Å². The second kappa shape index (κ2) is 4.81. The summed E-state index contributed by atoms with van der Waals surface area (Å²) in [6, 6.07) is 4.32. The monoisotopic (exact) mass is 334 g/mol. The Morgan fingerprint density at radius 1 is 1.06 bits per heavy atom. The number of hydrogen-bond donors (Lipinski definition) is 0. The summed E-state index contributed by atoms with van der Waals surface area (Å²) in [6.07, 6.45) is 0. The topological polar surface area (TPSA) is 0 Å². The fraction of sp³-hybridized carbons (Fsp3) is 0.333. The molecule has 86 valence electrons. The van der Waals surface area contributed by atoms with E-state index in [9.17, 15) is 0 Å². The molecule has 2 heterocycles. The summed E-state index contributed by atoms with van der Waals surface area (Å²) in [6.45, 7) is 6.38. The fourth-order valence-electron chi connectivity index (χ4n) is 1.47. The van der Waals surface area contributed by atoms with Crippen molar-refractivity contribution in [1.82, 2.24) is 0 Å². The Balaban J connectivity index is 2.34. The van der Waals surface area contributed by atoms with Crippen LogP contribution in [-0.4, -0.2) is 0 Å². The van der Waals surface area contributed by atoms with Gasteiger partial charge < -0.3 is 0 Å². The molecule has 0 amide bonds. The first-order valence-corrected chi connectivity index (χ1v) is 7.82. The summed E-state index contributed by atoms with van der Waals surface area (Å²) in [5.74, 6) is 0. The van der Waals surface area contributed by atoms with E-state index >= 15 is 0 Å². The number of thiophene rings is 2. The Hall–Kier alpha value is 0.170. The van der Waals surface area contributed by atoms with Gasteiger partial charge >= 0.3 is 0 Å². The Morgan fingerprint density at radius 2 is 1.62 bits per heavy atom. The lowest BCUT2D eigenvalue weighted by atomic mass is 10.2. The molecule has 0 saturated carbocycles. The highest BCUT2D eigenvalue weighted by Gasteiger charge is 2.17. The quantitative estimate of drug-likeness (QED) is 0.606. The van der Waals surface area contributed by atoms with Gasteiger partial charge in [0.05, 0.1) is 0 Å². The first-order valence-electron chi connectivity index (χ1n) is 4.96. The molecule has 0 bridgehead atoms. The third-order valence-electron chi connectivity index (χ3n) is 2.56. The van der Waals surface area contributed by atoms with Crippen LogP contribution < -0.4 is 0 Å². The molecule has 0 saturated heterocycles. The zero-order chi connectivity index (χ0) is 11.9. The Labute approximate surface area is 117 Å². The molecule has 4 heteroatoms. The van der Waals surface area contributed by atoms with E-state index in [2.05, 4.69) is 48.8 Å². The highest BCUT2D eigenvalue weighted by atomic mass is 79.9. The van der Waals surface area contributed by atoms with Crippen molar-refractivity contribution in [2.75, 3.05) is 0 Å². The number of aryl methyl sites for hydroxylation is 3. The van der Waals surface area contributed by atoms with Crippen molar-refractivity contribution in [2.24, 2.45) is 0 Å². The van der Waals surface area contributed by atoms with E-state index < -0.39 is 0 Å². The smallest absolute Gasteiger partial charge is 0.102 e. The van der Waals surface area contributed by atoms with E-state index in [1.807, 2.05) is 0 Å². The van der Waals surface area contributed by atoms with Gasteiger partial charge in [-0.25, -0.2) is 0 Å². The number of alkyl halides is 1. The summed E-state index contributed by atoms with van der Waals surface area (Å²) in [7, 11) is 0. The average Bonchev–Trinajstić information content (AvgIpc) is 2.72. The maximum Gasteiger partial charge on any atom is 0.102 e. The minimum Gasteiger partial charge on any atom is -0.143 e. The lowest BCUT2D eigenvalue weighted by molar-refractivity contribution is 1.23. The van der Waals surface area contributed by atoms with Crippen LogP contribution in [0.15, 0.2) is 16.6 Å². The van der Waals surface area contributed by atoms with E-state index in [1.54, 1.807) is 22.7 Å². The van der Waals surface area contributed by atoms with Gasteiger partial charge in [-0.1, -0.05) is 0 Å². The van der Waals surface area contributed by atoms with Gasteiger partial charge in [0.15, 0.2) is 0 Å². The van der Waals surface area contributed by atoms with Crippen LogP contribution in [0.1, 0.15) is 30.4 Å². The number of halogens is 2. The fourth-order valence-corrected chi connectivity index (χ4v) is 4.54. The molecule has 1 unspecified atom stereocenters. The van der Waals surface area contributed by atoms with E-state index in [4.69, 9.17) is 11.6 Å². The molecule has 1 atom stereocenters. The van der Waals surface area contributed by atoms with Crippen molar-refractivity contribution in [1.29, 1.82) is 0 Å². The summed E-state index contributed by atoms with van der Waals surface area (Å²) < 4.78 is 1.16. The molecule has 2 aromatic heterocycles. The van der Waals surface area contributed by atoms with Crippen LogP contribution in [-0.2, 0) is 0 Å². The third kappa shape index (κ3) is 2.37. The van der Waals surface area contributed by atoms with E-state index in [1.165, 1.54) is 25.1 Å². The maximum atomic E-state index is 6.50. The number of rotatable bonds is 2. The van der Waals surface area contributed by atoms with Gasteiger partial charge in [-0.2, -0.15) is 0 Å². The Bertz CT molecular complexity index is 428. The largest absolute Gasteiger partial charge is 0.143 e. The average molecular weight is 336 g/mol. The summed E-state index contributed by atoms with van der Waals surface area (Å²) >= 11 is 13.6. The predicted octanol–water partition coefficient (Wildman–Crippen LogP) is 5.83. The second-order valence-electron chi connectivity index (χ2n) is 3.80. The normalized spacial score (nSPS) is 13.1. The molecular weight excluding hydrogens is 324 g/mol. The first kappa shape index (κ1) is 12.6. The summed E-state index contributed by atoms with van der Waals surface area (Å²) in [4.78, 5) is 5.09. The van der Waals surface area contributed by atoms with Crippen LogP contribution in [0.5, 0.6) is 0 Å². The molecule has 0 aliphatic carbocycles. The lowest BCUT2D eigenvalue weighted by Gasteiger charge is -2.02. The van der Waals surface area contributed by atoms with Crippen LogP contribution in [0.2, 0.25) is 0 Å². The zero-order valence-electron chi connectivity index (χ0n) is 9.30. The second-order valence-corrected chi connectivity index (χ2v) is 7.67. The molecule has 0 aliphatic rings. The highest BCUT2D eigenvalue weighted by molar-refractivity contribution is 9.10. The Morgan fingerprint density at radius 3 is 2.06 bits per heavy atom. The molecule has 0 aliphatic heterocycles. The van der Waals surface area contributed by atoms with Gasteiger partial charge in [0.25, 0.3) is 0 Å². The minimum atomic E-state index is -0.00704. The van der Waals surface area contributed by atoms with Crippen molar-refractivity contribution in [3.63, 3.8) is 0 Å². The predicted molar refractivity (Wildman–Crippen MR) is 78.2 cm³/mol. The molecule has 2 rings (SSSR count). The Kier molecular flexibility index (Phi) is 3.79. The maximum absolute atomic E-state index is 6.50. The van der Waals surface area contributed by atoms with Gasteiger partial charge in [0, 0.05) is 24.0 Å². The standard InChI is InChI=1S/C12H12BrClS2/c1-6-4-10(15-7(6)2)12(14)11-5-9(13)8(3)16-11/h4-5,12H,1-3H3. The van der Waals surface area contributed by atoms with Crippen molar-refractivity contribution in [2.45, 2.75) is 26.1 Å².